The second kappa shape index (κ2) is 3.77. The Morgan fingerprint density at radius 1 is 1.47 bits per heavy atom. The summed E-state index contributed by atoms with van der Waals surface area (Å²) in [5.41, 5.74) is -0.713. The van der Waals surface area contributed by atoms with Crippen molar-refractivity contribution < 1.29 is 4.39 Å². The second-order valence-corrected chi connectivity index (χ2v) is 5.49. The maximum Gasteiger partial charge on any atom is 0.149 e. The number of alkyl halides is 1. The summed E-state index contributed by atoms with van der Waals surface area (Å²) >= 11 is 0. The average Bonchev–Trinajstić information content (AvgIpc) is 2.78. The second-order valence-electron chi connectivity index (χ2n) is 5.49. The molecule has 0 radical (unpaired) electrons. The average molecular weight is 208 g/mol. The van der Waals surface area contributed by atoms with Gasteiger partial charge in [0.15, 0.2) is 0 Å². The molecule has 15 heavy (non-hydrogen) atoms. The Bertz CT molecular complexity index is 281. The van der Waals surface area contributed by atoms with Crippen LogP contribution in [0.15, 0.2) is 24.8 Å². The molecule has 0 aromatic carbocycles. The van der Waals surface area contributed by atoms with Crippen LogP contribution in [0.2, 0.25) is 0 Å². The minimum Gasteiger partial charge on any atom is -0.234 e. The first kappa shape index (κ1) is 10.9. The Hall–Kier alpha value is -0.590. The van der Waals surface area contributed by atoms with Crippen LogP contribution >= 0.6 is 0 Å². The highest BCUT2D eigenvalue weighted by Gasteiger charge is 2.43. The standard InChI is InChI=1S/C14H21F/c1-4-14(15,10(2)3)9-13-8-11-5-6-12(13)7-11/h4,11-13H,1-2,5-9H2,3H3. The first-order chi connectivity index (χ1) is 7.05. The van der Waals surface area contributed by atoms with Crippen LogP contribution in [-0.4, -0.2) is 5.67 Å². The molecule has 0 saturated heterocycles. The van der Waals surface area contributed by atoms with Crippen LogP contribution < -0.4 is 0 Å². The van der Waals surface area contributed by atoms with E-state index < -0.39 is 5.67 Å². The van der Waals surface area contributed by atoms with Crippen molar-refractivity contribution >= 4 is 0 Å². The van der Waals surface area contributed by atoms with Gasteiger partial charge >= 0.3 is 0 Å². The Morgan fingerprint density at radius 3 is 2.60 bits per heavy atom. The lowest BCUT2D eigenvalue weighted by Gasteiger charge is -2.30. The van der Waals surface area contributed by atoms with Gasteiger partial charge < -0.3 is 0 Å². The Labute approximate surface area is 92.3 Å². The van der Waals surface area contributed by atoms with Crippen LogP contribution in [0, 0.1) is 17.8 Å². The molecular formula is C14H21F. The van der Waals surface area contributed by atoms with Gasteiger partial charge in [0.2, 0.25) is 0 Å². The molecule has 84 valence electrons. The smallest absolute Gasteiger partial charge is 0.149 e. The van der Waals surface area contributed by atoms with Gasteiger partial charge in [0, 0.05) is 0 Å². The summed E-state index contributed by atoms with van der Waals surface area (Å²) in [4.78, 5) is 0. The number of hydrogen-bond acceptors (Lipinski definition) is 0. The predicted octanol–water partition coefficient (Wildman–Crippen LogP) is 4.28. The predicted molar refractivity (Wildman–Crippen MR) is 62.4 cm³/mol. The third-order valence-corrected chi connectivity index (χ3v) is 4.48. The number of fused-ring (bicyclic) bond motifs is 2. The Balaban J connectivity index is 2.02. The molecule has 4 unspecified atom stereocenters. The van der Waals surface area contributed by atoms with E-state index >= 15 is 0 Å². The molecule has 4 atom stereocenters. The molecule has 0 amide bonds. The molecule has 2 saturated carbocycles. The third kappa shape index (κ3) is 1.89. The summed E-state index contributed by atoms with van der Waals surface area (Å²) < 4.78 is 14.4. The number of hydrogen-bond donors (Lipinski definition) is 0. The van der Waals surface area contributed by atoms with Gasteiger partial charge in [-0.25, -0.2) is 4.39 Å². The van der Waals surface area contributed by atoms with E-state index in [0.717, 1.165) is 11.8 Å². The Kier molecular flexibility index (Phi) is 2.74. The summed E-state index contributed by atoms with van der Waals surface area (Å²) in [7, 11) is 0. The number of rotatable bonds is 4. The lowest BCUT2D eigenvalue weighted by atomic mass is 9.79. The van der Waals surface area contributed by atoms with Crippen molar-refractivity contribution in [2.45, 2.75) is 44.7 Å². The molecule has 0 N–H and O–H groups in total. The number of halogens is 1. The van der Waals surface area contributed by atoms with Gasteiger partial charge in [-0.1, -0.05) is 25.7 Å². The SMILES string of the molecule is C=CC(F)(CC1CC2CCC1C2)C(=C)C. The zero-order chi connectivity index (χ0) is 11.1. The zero-order valence-corrected chi connectivity index (χ0v) is 9.64. The highest BCUT2D eigenvalue weighted by molar-refractivity contribution is 5.19. The molecule has 0 heterocycles. The molecule has 0 spiro atoms. The van der Waals surface area contributed by atoms with Gasteiger partial charge in [0.05, 0.1) is 0 Å². The van der Waals surface area contributed by atoms with Crippen LogP contribution in [0.3, 0.4) is 0 Å². The topological polar surface area (TPSA) is 0 Å². The van der Waals surface area contributed by atoms with Crippen molar-refractivity contribution in [1.29, 1.82) is 0 Å². The maximum absolute atomic E-state index is 14.4. The van der Waals surface area contributed by atoms with Crippen LogP contribution in [0.1, 0.15) is 39.0 Å². The minimum atomic E-state index is -1.32. The highest BCUT2D eigenvalue weighted by atomic mass is 19.1. The normalized spacial score (nSPS) is 37.6. The molecule has 0 aromatic rings. The molecule has 2 bridgehead atoms. The van der Waals surface area contributed by atoms with Crippen molar-refractivity contribution in [1.82, 2.24) is 0 Å². The van der Waals surface area contributed by atoms with Gasteiger partial charge in [-0.15, -0.1) is 0 Å². The summed E-state index contributed by atoms with van der Waals surface area (Å²) in [5.74, 6) is 2.24. The molecule has 1 heteroatoms. The monoisotopic (exact) mass is 208 g/mol. The van der Waals surface area contributed by atoms with Crippen LogP contribution in [0.5, 0.6) is 0 Å². The molecule has 2 rings (SSSR count). The van der Waals surface area contributed by atoms with E-state index in [1.54, 1.807) is 6.92 Å². The van der Waals surface area contributed by atoms with Crippen molar-refractivity contribution in [3.8, 4) is 0 Å². The van der Waals surface area contributed by atoms with Crippen molar-refractivity contribution in [2.24, 2.45) is 17.8 Å². The van der Waals surface area contributed by atoms with E-state index in [1.165, 1.54) is 31.8 Å². The van der Waals surface area contributed by atoms with E-state index in [0.29, 0.717) is 17.9 Å². The van der Waals surface area contributed by atoms with Crippen LogP contribution in [-0.2, 0) is 0 Å². The van der Waals surface area contributed by atoms with Crippen LogP contribution in [0.4, 0.5) is 4.39 Å². The molecule has 2 aliphatic carbocycles. The highest BCUT2D eigenvalue weighted by Crippen LogP contribution is 2.51. The lowest BCUT2D eigenvalue weighted by Crippen LogP contribution is -2.27. The third-order valence-electron chi connectivity index (χ3n) is 4.48. The fraction of sp³-hybridized carbons (Fsp3) is 0.714. The van der Waals surface area contributed by atoms with E-state index in [4.69, 9.17) is 0 Å². The van der Waals surface area contributed by atoms with Gasteiger partial charge in [0.1, 0.15) is 5.67 Å². The Morgan fingerprint density at radius 2 is 2.20 bits per heavy atom. The minimum absolute atomic E-state index is 0.573. The lowest BCUT2D eigenvalue weighted by molar-refractivity contribution is 0.185. The largest absolute Gasteiger partial charge is 0.234 e. The fourth-order valence-electron chi connectivity index (χ4n) is 3.44. The summed E-state index contributed by atoms with van der Waals surface area (Å²) in [6, 6.07) is 0. The van der Waals surface area contributed by atoms with E-state index in [9.17, 15) is 4.39 Å². The first-order valence-electron chi connectivity index (χ1n) is 6.03. The van der Waals surface area contributed by atoms with Crippen LogP contribution in [0.25, 0.3) is 0 Å². The van der Waals surface area contributed by atoms with Gasteiger partial charge in [0.25, 0.3) is 0 Å². The zero-order valence-electron chi connectivity index (χ0n) is 9.64. The summed E-state index contributed by atoms with van der Waals surface area (Å²) in [6.07, 6.45) is 7.33. The first-order valence-corrected chi connectivity index (χ1v) is 6.03. The molecule has 0 aromatic heterocycles. The summed E-state index contributed by atoms with van der Waals surface area (Å²) in [6.45, 7) is 9.15. The maximum atomic E-state index is 14.4. The molecule has 2 fully saturated rings. The van der Waals surface area contributed by atoms with E-state index in [1.807, 2.05) is 0 Å². The van der Waals surface area contributed by atoms with Gasteiger partial charge in [-0.3, -0.25) is 0 Å². The molecule has 0 aliphatic heterocycles. The quantitative estimate of drug-likeness (QED) is 0.605. The van der Waals surface area contributed by atoms with E-state index in [2.05, 4.69) is 13.2 Å². The molecule has 2 aliphatic rings. The fourth-order valence-corrected chi connectivity index (χ4v) is 3.44. The molecular weight excluding hydrogens is 187 g/mol. The molecule has 0 nitrogen and oxygen atoms in total. The van der Waals surface area contributed by atoms with Crippen molar-refractivity contribution in [3.05, 3.63) is 24.8 Å². The number of allylic oxidation sites excluding steroid dienone is 2. The van der Waals surface area contributed by atoms with Crippen molar-refractivity contribution in [3.63, 3.8) is 0 Å². The van der Waals surface area contributed by atoms with Crippen molar-refractivity contribution in [2.75, 3.05) is 0 Å². The van der Waals surface area contributed by atoms with E-state index in [-0.39, 0.29) is 0 Å². The van der Waals surface area contributed by atoms with Gasteiger partial charge in [-0.05, 0) is 55.9 Å². The summed E-state index contributed by atoms with van der Waals surface area (Å²) in [5, 5.41) is 0. The van der Waals surface area contributed by atoms with Gasteiger partial charge in [-0.2, -0.15) is 0 Å².